The van der Waals surface area contributed by atoms with Gasteiger partial charge < -0.3 is 24.6 Å². The first kappa shape index (κ1) is 35.3. The fourth-order valence-corrected chi connectivity index (χ4v) is 4.62. The summed E-state index contributed by atoms with van der Waals surface area (Å²) in [6.07, 6.45) is -13.2. The minimum absolute atomic E-state index is 0.468. The van der Waals surface area contributed by atoms with Gasteiger partial charge in [-0.05, 0) is 65.7 Å². The van der Waals surface area contributed by atoms with E-state index in [-0.39, 0.29) is 0 Å². The van der Waals surface area contributed by atoms with Crippen LogP contribution in [0.15, 0.2) is 24.3 Å². The summed E-state index contributed by atoms with van der Waals surface area (Å²) in [6.45, 7) is 9.31. The van der Waals surface area contributed by atoms with Crippen LogP contribution in [0.25, 0.3) is 0 Å². The summed E-state index contributed by atoms with van der Waals surface area (Å²) in [5.41, 5.74) is -6.45. The molecule has 0 aliphatic rings. The van der Waals surface area contributed by atoms with Crippen molar-refractivity contribution in [3.05, 3.63) is 29.8 Å². The Hall–Kier alpha value is -2.75. The molecule has 1 aromatic carbocycles. The lowest BCUT2D eigenvalue weighted by molar-refractivity contribution is -0.275. The van der Waals surface area contributed by atoms with Crippen LogP contribution in [-0.4, -0.2) is 62.7 Å². The largest absolute Gasteiger partial charge is 0.573 e. The Morgan fingerprint density at radius 1 is 0.925 bits per heavy atom. The van der Waals surface area contributed by atoms with Crippen molar-refractivity contribution in [3.8, 4) is 5.75 Å². The smallest absolute Gasteiger partial charge is 0.458 e. The molecule has 40 heavy (non-hydrogen) atoms. The summed E-state index contributed by atoms with van der Waals surface area (Å²) in [7, 11) is -3.89. The molecule has 9 nitrogen and oxygen atoms in total. The highest BCUT2D eigenvalue weighted by molar-refractivity contribution is 7.92. The Bertz CT molecular complexity index is 1120. The summed E-state index contributed by atoms with van der Waals surface area (Å²) >= 11 is 0. The third-order valence-corrected chi connectivity index (χ3v) is 6.71. The average molecular weight is 609 g/mol. The van der Waals surface area contributed by atoms with Crippen LogP contribution in [0.2, 0.25) is 0 Å². The van der Waals surface area contributed by atoms with Crippen LogP contribution >= 0.6 is 0 Å². The van der Waals surface area contributed by atoms with Crippen molar-refractivity contribution in [1.82, 2.24) is 5.32 Å². The Labute approximate surface area is 228 Å². The maximum atomic E-state index is 13.9. The highest BCUT2D eigenvalue weighted by Crippen LogP contribution is 2.42. The SMILES string of the molecule is CC(C)(C)OC(=O)N[C@@H](CCS(=N)(=O)CCC(O)(c1ccc(OC(F)(F)F)cc1)C(F)(F)F)C(=O)OC(C)(C)C. The van der Waals surface area contributed by atoms with Gasteiger partial charge >= 0.3 is 24.6 Å². The van der Waals surface area contributed by atoms with Crippen molar-refractivity contribution >= 4 is 21.8 Å². The Kier molecular flexibility index (Phi) is 10.9. The number of carbonyl (C=O) groups is 2. The topological polar surface area (TPSA) is 135 Å². The molecule has 0 aliphatic heterocycles. The van der Waals surface area contributed by atoms with E-state index in [2.05, 4.69) is 10.1 Å². The first-order valence-corrected chi connectivity index (χ1v) is 13.7. The van der Waals surface area contributed by atoms with Crippen LogP contribution in [0.3, 0.4) is 0 Å². The molecule has 0 radical (unpaired) electrons. The Morgan fingerprint density at radius 2 is 1.43 bits per heavy atom. The predicted molar refractivity (Wildman–Crippen MR) is 132 cm³/mol. The fraction of sp³-hybridized carbons (Fsp3) is 0.667. The fourth-order valence-electron chi connectivity index (χ4n) is 3.18. The molecule has 1 amide bonds. The van der Waals surface area contributed by atoms with E-state index in [0.29, 0.717) is 24.3 Å². The molecule has 0 aliphatic carbocycles. The zero-order valence-electron chi connectivity index (χ0n) is 22.8. The van der Waals surface area contributed by atoms with Crippen LogP contribution in [0.5, 0.6) is 5.75 Å². The van der Waals surface area contributed by atoms with E-state index in [1.54, 1.807) is 41.5 Å². The molecular formula is C24H34F6N2O7S. The predicted octanol–water partition coefficient (Wildman–Crippen LogP) is 5.40. The van der Waals surface area contributed by atoms with Gasteiger partial charge in [-0.2, -0.15) is 13.2 Å². The lowest BCUT2D eigenvalue weighted by atomic mass is 9.90. The molecule has 1 rings (SSSR count). The van der Waals surface area contributed by atoms with Crippen LogP contribution in [0, 0.1) is 4.78 Å². The van der Waals surface area contributed by atoms with E-state index in [4.69, 9.17) is 14.3 Å². The number of aliphatic hydroxyl groups is 1. The van der Waals surface area contributed by atoms with E-state index in [0.717, 1.165) is 0 Å². The average Bonchev–Trinajstić information content (AvgIpc) is 2.71. The lowest BCUT2D eigenvalue weighted by Crippen LogP contribution is -2.47. The monoisotopic (exact) mass is 608 g/mol. The number of amides is 1. The minimum atomic E-state index is -5.35. The van der Waals surface area contributed by atoms with Crippen LogP contribution in [0.4, 0.5) is 31.1 Å². The summed E-state index contributed by atoms with van der Waals surface area (Å²) < 4.78 is 113. The molecule has 2 unspecified atom stereocenters. The molecule has 16 heteroatoms. The number of carbonyl (C=O) groups excluding carboxylic acids is 2. The van der Waals surface area contributed by atoms with Crippen LogP contribution in [-0.2, 0) is 29.6 Å². The maximum absolute atomic E-state index is 13.9. The first-order valence-electron chi connectivity index (χ1n) is 11.8. The number of nitrogens with one attached hydrogen (secondary N) is 2. The molecule has 0 saturated carbocycles. The second-order valence-electron chi connectivity index (χ2n) is 10.9. The number of ether oxygens (including phenoxy) is 3. The number of alkyl halides is 6. The van der Waals surface area contributed by atoms with Crippen molar-refractivity contribution in [2.24, 2.45) is 0 Å². The second-order valence-corrected chi connectivity index (χ2v) is 13.4. The van der Waals surface area contributed by atoms with Crippen molar-refractivity contribution in [3.63, 3.8) is 0 Å². The first-order chi connectivity index (χ1) is 17.7. The van der Waals surface area contributed by atoms with Gasteiger partial charge in [0.1, 0.15) is 23.0 Å². The van der Waals surface area contributed by atoms with Crippen molar-refractivity contribution in [2.45, 2.75) is 89.8 Å². The normalized spacial score (nSPS) is 16.7. The zero-order valence-corrected chi connectivity index (χ0v) is 23.6. The molecule has 0 fully saturated rings. The van der Waals surface area contributed by atoms with Crippen LogP contribution in [0.1, 0.15) is 59.9 Å². The standard InChI is InChI=1S/C24H34F6N2O7S/c1-20(2,3)38-18(33)17(32-19(34)39-21(4,5)6)11-13-40(31,36)14-12-22(35,23(25,26)27)15-7-9-16(10-8-15)37-24(28,29)30/h7-10,17,31,35H,11-14H2,1-6H3,(H,32,34)/t17-,22?,40?/m0/s1. The van der Waals surface area contributed by atoms with Gasteiger partial charge in [0.2, 0.25) is 0 Å². The highest BCUT2D eigenvalue weighted by Gasteiger charge is 2.55. The molecule has 0 bridgehead atoms. The van der Waals surface area contributed by atoms with Gasteiger partial charge in [0.15, 0.2) is 5.60 Å². The van der Waals surface area contributed by atoms with Gasteiger partial charge in [-0.25, -0.2) is 13.8 Å². The number of hydrogen-bond acceptors (Lipinski definition) is 8. The summed E-state index contributed by atoms with van der Waals surface area (Å²) in [4.78, 5) is 24.8. The molecular weight excluding hydrogens is 574 g/mol. The third-order valence-electron chi connectivity index (χ3n) is 4.95. The van der Waals surface area contributed by atoms with Crippen molar-refractivity contribution in [1.29, 1.82) is 4.78 Å². The van der Waals surface area contributed by atoms with E-state index in [1.165, 1.54) is 0 Å². The quantitative estimate of drug-likeness (QED) is 0.239. The molecule has 230 valence electrons. The molecule has 0 spiro atoms. The third kappa shape index (κ3) is 12.2. The second kappa shape index (κ2) is 12.4. The van der Waals surface area contributed by atoms with Crippen molar-refractivity contribution < 1.29 is 59.5 Å². The van der Waals surface area contributed by atoms with Gasteiger partial charge in [0.05, 0.1) is 0 Å². The van der Waals surface area contributed by atoms with Gasteiger partial charge in [0.25, 0.3) is 0 Å². The van der Waals surface area contributed by atoms with Gasteiger partial charge in [-0.3, -0.25) is 4.78 Å². The van der Waals surface area contributed by atoms with Gasteiger partial charge in [0, 0.05) is 27.7 Å². The van der Waals surface area contributed by atoms with Crippen LogP contribution < -0.4 is 10.1 Å². The number of hydrogen-bond donors (Lipinski definition) is 3. The molecule has 3 N–H and O–H groups in total. The summed E-state index contributed by atoms with van der Waals surface area (Å²) in [5, 5.41) is 12.7. The Balaban J connectivity index is 3.08. The maximum Gasteiger partial charge on any atom is 0.573 e. The number of halogens is 6. The molecule has 3 atom stereocenters. The molecule has 0 aromatic heterocycles. The lowest BCUT2D eigenvalue weighted by Gasteiger charge is -2.31. The van der Waals surface area contributed by atoms with Crippen molar-refractivity contribution in [2.75, 3.05) is 11.5 Å². The zero-order chi connectivity index (χ0) is 31.4. The molecule has 0 heterocycles. The summed E-state index contributed by atoms with van der Waals surface area (Å²) in [5.74, 6) is -3.45. The number of benzene rings is 1. The van der Waals surface area contributed by atoms with E-state index in [1.807, 2.05) is 0 Å². The number of alkyl carbamates (subject to hydrolysis) is 1. The van der Waals surface area contributed by atoms with E-state index >= 15 is 0 Å². The van der Waals surface area contributed by atoms with Gasteiger partial charge in [-0.1, -0.05) is 12.1 Å². The highest BCUT2D eigenvalue weighted by atomic mass is 32.2. The molecule has 0 saturated heterocycles. The number of rotatable bonds is 10. The Morgan fingerprint density at radius 3 is 1.85 bits per heavy atom. The minimum Gasteiger partial charge on any atom is -0.458 e. The van der Waals surface area contributed by atoms with Gasteiger partial charge in [-0.15, -0.1) is 13.2 Å². The van der Waals surface area contributed by atoms with E-state index in [9.17, 15) is 45.2 Å². The summed E-state index contributed by atoms with van der Waals surface area (Å²) in [6, 6.07) is 0.840. The van der Waals surface area contributed by atoms with E-state index < -0.39 is 92.8 Å². The molecule has 1 aromatic rings. The number of esters is 1.